The Balaban J connectivity index is 1.89. The summed E-state index contributed by atoms with van der Waals surface area (Å²) in [5, 5.41) is 5.30. The van der Waals surface area contributed by atoms with E-state index in [2.05, 4.69) is 20.6 Å². The van der Waals surface area contributed by atoms with Crippen LogP contribution in [-0.4, -0.2) is 22.5 Å². The van der Waals surface area contributed by atoms with Crippen LogP contribution >= 0.6 is 0 Å². The Morgan fingerprint density at radius 1 is 1.23 bits per heavy atom. The second-order valence-electron chi connectivity index (χ2n) is 5.38. The Bertz CT molecular complexity index is 779. The molecule has 0 atom stereocenters. The third-order valence-corrected chi connectivity index (χ3v) is 3.30. The molecule has 0 radical (unpaired) electrons. The van der Waals surface area contributed by atoms with E-state index < -0.39 is 11.8 Å². The number of aromatic nitrogens is 2. The van der Waals surface area contributed by atoms with E-state index in [4.69, 9.17) is 0 Å². The highest BCUT2D eigenvalue weighted by atomic mass is 19.1. The number of hydrogen-bond donors (Lipinski definition) is 2. The van der Waals surface area contributed by atoms with Crippen molar-refractivity contribution in [2.45, 2.75) is 20.3 Å². The number of urea groups is 1. The molecule has 0 saturated heterocycles. The number of allylic oxidation sites excluding steroid dienone is 2. The van der Waals surface area contributed by atoms with E-state index in [9.17, 15) is 9.18 Å². The molecule has 2 rings (SSSR count). The lowest BCUT2D eigenvalue weighted by atomic mass is 10.3. The lowest BCUT2D eigenvalue weighted by Gasteiger charge is -2.14. The molecule has 2 N–H and O–H groups in total. The third-order valence-electron chi connectivity index (χ3n) is 3.30. The topological polar surface area (TPSA) is 70.2 Å². The summed E-state index contributed by atoms with van der Waals surface area (Å²) >= 11 is 0. The van der Waals surface area contributed by atoms with Gasteiger partial charge in [0.15, 0.2) is 5.82 Å². The zero-order valence-electron chi connectivity index (χ0n) is 14.8. The van der Waals surface area contributed by atoms with Gasteiger partial charge in [-0.1, -0.05) is 18.2 Å². The molecule has 0 unspecified atom stereocenters. The molecule has 1 heterocycles. The Kier molecular flexibility index (Phi) is 7.30. The van der Waals surface area contributed by atoms with Crippen LogP contribution in [0.4, 0.5) is 20.7 Å². The molecule has 0 fully saturated rings. The number of halogens is 1. The zero-order chi connectivity index (χ0) is 18.8. The Labute approximate surface area is 152 Å². The van der Waals surface area contributed by atoms with E-state index in [1.807, 2.05) is 43.3 Å². The number of anilines is 2. The molecule has 0 aliphatic rings. The number of rotatable bonds is 7. The lowest BCUT2D eigenvalue weighted by molar-refractivity contribution is 0.252. The molecule has 0 aliphatic carbocycles. The summed E-state index contributed by atoms with van der Waals surface area (Å²) < 4.78 is 13.1. The van der Waals surface area contributed by atoms with Gasteiger partial charge < -0.3 is 15.5 Å². The van der Waals surface area contributed by atoms with Crippen LogP contribution in [0, 0.1) is 5.82 Å². The van der Waals surface area contributed by atoms with Crippen LogP contribution < -0.4 is 15.5 Å². The molecule has 0 saturated carbocycles. The highest BCUT2D eigenvalue weighted by Gasteiger charge is 2.06. The predicted octanol–water partition coefficient (Wildman–Crippen LogP) is 3.85. The van der Waals surface area contributed by atoms with E-state index in [1.54, 1.807) is 18.5 Å². The summed E-state index contributed by atoms with van der Waals surface area (Å²) in [5.41, 5.74) is 1.16. The van der Waals surface area contributed by atoms with E-state index in [0.29, 0.717) is 24.5 Å². The number of carbonyl (C=O) groups excluding carboxylic acids is 1. The number of amides is 2. The van der Waals surface area contributed by atoms with Crippen molar-refractivity contribution in [1.82, 2.24) is 15.3 Å². The highest BCUT2D eigenvalue weighted by Crippen LogP contribution is 2.12. The standard InChI is InChI=1S/C19H22FN5O/c1-3-10-25(11-4-2)18-14-21-13-17(23-18)8-9-22-19(26)24-16-7-5-6-15(20)12-16/h3-7,10-14H,8-9H2,1-2H3,(H2,22,24,26)/b10-3-,11-4+. The van der Waals surface area contributed by atoms with Gasteiger partial charge in [0.25, 0.3) is 0 Å². The maximum Gasteiger partial charge on any atom is 0.319 e. The monoisotopic (exact) mass is 355 g/mol. The van der Waals surface area contributed by atoms with Crippen molar-refractivity contribution in [2.24, 2.45) is 0 Å². The quantitative estimate of drug-likeness (QED) is 0.791. The summed E-state index contributed by atoms with van der Waals surface area (Å²) in [7, 11) is 0. The van der Waals surface area contributed by atoms with Crippen molar-refractivity contribution in [2.75, 3.05) is 16.8 Å². The van der Waals surface area contributed by atoms with Crippen LogP contribution in [0.5, 0.6) is 0 Å². The first-order valence-corrected chi connectivity index (χ1v) is 8.27. The second kappa shape index (κ2) is 9.93. The summed E-state index contributed by atoms with van der Waals surface area (Å²) in [6.07, 6.45) is 11.5. The SMILES string of the molecule is C/C=C\N(/C=C/C)c1cncc(CCNC(=O)Nc2cccc(F)c2)n1. The minimum Gasteiger partial charge on any atom is -0.337 e. The number of hydrogen-bond acceptors (Lipinski definition) is 4. The first-order valence-electron chi connectivity index (χ1n) is 8.27. The molecule has 26 heavy (non-hydrogen) atoms. The molecular weight excluding hydrogens is 333 g/mol. The molecule has 7 heteroatoms. The van der Waals surface area contributed by atoms with Gasteiger partial charge in [-0.15, -0.1) is 0 Å². The minimum atomic E-state index is -0.401. The maximum absolute atomic E-state index is 13.1. The van der Waals surface area contributed by atoms with Crippen molar-refractivity contribution in [3.8, 4) is 0 Å². The molecule has 0 aliphatic heterocycles. The summed E-state index contributed by atoms with van der Waals surface area (Å²) in [6, 6.07) is 5.33. The van der Waals surface area contributed by atoms with Gasteiger partial charge in [0.05, 0.1) is 11.9 Å². The fourth-order valence-electron chi connectivity index (χ4n) is 2.21. The normalized spacial score (nSPS) is 11.0. The van der Waals surface area contributed by atoms with Gasteiger partial charge >= 0.3 is 6.03 Å². The minimum absolute atomic E-state index is 0.381. The van der Waals surface area contributed by atoms with Gasteiger partial charge in [0, 0.05) is 37.2 Å². The summed E-state index contributed by atoms with van der Waals surface area (Å²) in [4.78, 5) is 22.5. The van der Waals surface area contributed by atoms with Crippen LogP contribution in [0.3, 0.4) is 0 Å². The smallest absolute Gasteiger partial charge is 0.319 e. The van der Waals surface area contributed by atoms with Crippen molar-refractivity contribution in [3.05, 3.63) is 72.7 Å². The van der Waals surface area contributed by atoms with E-state index in [1.165, 1.54) is 18.2 Å². The molecular formula is C19H22FN5O. The zero-order valence-corrected chi connectivity index (χ0v) is 14.8. The largest absolute Gasteiger partial charge is 0.337 e. The van der Waals surface area contributed by atoms with Gasteiger partial charge in [-0.25, -0.2) is 14.2 Å². The fourth-order valence-corrected chi connectivity index (χ4v) is 2.21. The molecule has 2 aromatic rings. The first-order chi connectivity index (χ1) is 12.6. The first kappa shape index (κ1) is 19.1. The number of nitrogens with zero attached hydrogens (tertiary/aromatic N) is 3. The molecule has 1 aromatic carbocycles. The van der Waals surface area contributed by atoms with Crippen LogP contribution in [0.1, 0.15) is 19.5 Å². The molecule has 0 bridgehead atoms. The Hall–Kier alpha value is -3.22. The average molecular weight is 355 g/mol. The third kappa shape index (κ3) is 6.01. The second-order valence-corrected chi connectivity index (χ2v) is 5.38. The maximum atomic E-state index is 13.1. The van der Waals surface area contributed by atoms with Crippen LogP contribution in [0.2, 0.25) is 0 Å². The molecule has 1 aromatic heterocycles. The molecule has 2 amide bonds. The number of carbonyl (C=O) groups is 1. The van der Waals surface area contributed by atoms with Crippen molar-refractivity contribution in [3.63, 3.8) is 0 Å². The van der Waals surface area contributed by atoms with Gasteiger partial charge in [0.1, 0.15) is 5.82 Å². The van der Waals surface area contributed by atoms with Crippen LogP contribution in [-0.2, 0) is 6.42 Å². The van der Waals surface area contributed by atoms with Crippen LogP contribution in [0.15, 0.2) is 61.2 Å². The van der Waals surface area contributed by atoms with Crippen molar-refractivity contribution in [1.29, 1.82) is 0 Å². The Morgan fingerprint density at radius 2 is 2.00 bits per heavy atom. The average Bonchev–Trinajstić information content (AvgIpc) is 2.62. The van der Waals surface area contributed by atoms with E-state index >= 15 is 0 Å². The highest BCUT2D eigenvalue weighted by molar-refractivity contribution is 5.89. The molecule has 136 valence electrons. The number of nitrogens with one attached hydrogen (secondary N) is 2. The van der Waals surface area contributed by atoms with Crippen molar-refractivity contribution >= 4 is 17.5 Å². The van der Waals surface area contributed by atoms with E-state index in [-0.39, 0.29) is 0 Å². The van der Waals surface area contributed by atoms with E-state index in [0.717, 1.165) is 5.69 Å². The lowest BCUT2D eigenvalue weighted by Crippen LogP contribution is -2.30. The summed E-state index contributed by atoms with van der Waals surface area (Å²) in [5.74, 6) is 0.296. The van der Waals surface area contributed by atoms with Crippen LogP contribution in [0.25, 0.3) is 0 Å². The number of benzene rings is 1. The summed E-state index contributed by atoms with van der Waals surface area (Å²) in [6.45, 7) is 4.23. The van der Waals surface area contributed by atoms with Gasteiger partial charge in [-0.2, -0.15) is 0 Å². The van der Waals surface area contributed by atoms with Gasteiger partial charge in [0.2, 0.25) is 0 Å². The Morgan fingerprint density at radius 3 is 2.69 bits per heavy atom. The van der Waals surface area contributed by atoms with Gasteiger partial charge in [-0.3, -0.25) is 4.98 Å². The fraction of sp³-hybridized carbons (Fsp3) is 0.211. The van der Waals surface area contributed by atoms with Crippen molar-refractivity contribution < 1.29 is 9.18 Å². The molecule has 0 spiro atoms. The predicted molar refractivity (Wildman–Crippen MR) is 101 cm³/mol. The van der Waals surface area contributed by atoms with Gasteiger partial charge in [-0.05, 0) is 32.0 Å². The molecule has 6 nitrogen and oxygen atoms in total.